The fourth-order valence-electron chi connectivity index (χ4n) is 1.44. The summed E-state index contributed by atoms with van der Waals surface area (Å²) in [5.74, 6) is 0.606. The zero-order valence-corrected chi connectivity index (χ0v) is 10.8. The smallest absolute Gasteiger partial charge is 0.325 e. The van der Waals surface area contributed by atoms with Gasteiger partial charge in [0.15, 0.2) is 0 Å². The Morgan fingerprint density at radius 1 is 1.25 bits per heavy atom. The summed E-state index contributed by atoms with van der Waals surface area (Å²) >= 11 is 0. The van der Waals surface area contributed by atoms with Crippen molar-refractivity contribution in [2.45, 2.75) is 53.0 Å². The molecule has 0 radical (unpaired) electrons. The predicted octanol–water partition coefficient (Wildman–Crippen LogP) is 2.36. The molecule has 0 aromatic heterocycles. The first kappa shape index (κ1) is 15.4. The highest BCUT2D eigenvalue weighted by Gasteiger charge is 2.19. The predicted molar refractivity (Wildman–Crippen MR) is 63.2 cm³/mol. The highest BCUT2D eigenvalue weighted by atomic mass is 16.5. The molecule has 4 heteroatoms. The van der Waals surface area contributed by atoms with Gasteiger partial charge in [-0.3, -0.25) is 4.79 Å². The number of rotatable bonds is 8. The average molecular weight is 231 g/mol. The Bertz CT molecular complexity index is 193. The van der Waals surface area contributed by atoms with Crippen molar-refractivity contribution in [3.05, 3.63) is 0 Å². The molecule has 0 aliphatic heterocycles. The molecule has 0 unspecified atom stereocenters. The second-order valence-corrected chi connectivity index (χ2v) is 5.01. The van der Waals surface area contributed by atoms with Crippen LogP contribution in [0, 0.1) is 11.8 Å². The normalized spacial score (nSPS) is 13.2. The molecule has 0 saturated carbocycles. The molecule has 0 aromatic carbocycles. The number of carbonyl (C=O) groups is 1. The molecule has 1 atom stereocenters. The summed E-state index contributed by atoms with van der Waals surface area (Å²) in [6, 6.07) is -0.598. The second-order valence-electron chi connectivity index (χ2n) is 5.01. The monoisotopic (exact) mass is 231 g/mol. The molecule has 96 valence electrons. The van der Waals surface area contributed by atoms with Crippen LogP contribution in [0.1, 0.15) is 47.0 Å². The number of hydrogen-bond acceptors (Lipinski definition) is 4. The van der Waals surface area contributed by atoms with E-state index in [4.69, 9.17) is 9.94 Å². The van der Waals surface area contributed by atoms with Gasteiger partial charge in [-0.05, 0) is 31.1 Å². The van der Waals surface area contributed by atoms with E-state index >= 15 is 0 Å². The van der Waals surface area contributed by atoms with Crippen molar-refractivity contribution < 1.29 is 14.7 Å². The van der Waals surface area contributed by atoms with Crippen LogP contribution >= 0.6 is 0 Å². The maximum absolute atomic E-state index is 11.5. The van der Waals surface area contributed by atoms with Crippen LogP contribution in [0.25, 0.3) is 0 Å². The molecule has 0 saturated heterocycles. The molecule has 0 fully saturated rings. The summed E-state index contributed by atoms with van der Waals surface area (Å²) < 4.78 is 5.08. The largest absolute Gasteiger partial charge is 0.464 e. The Morgan fingerprint density at radius 2 is 1.88 bits per heavy atom. The Morgan fingerprint density at radius 3 is 2.31 bits per heavy atom. The summed E-state index contributed by atoms with van der Waals surface area (Å²) in [6.45, 7) is 8.71. The fraction of sp³-hybridized carbons (Fsp3) is 0.917. The molecule has 0 rings (SSSR count). The van der Waals surface area contributed by atoms with Gasteiger partial charge in [-0.25, -0.2) is 0 Å². The van der Waals surface area contributed by atoms with Gasteiger partial charge in [-0.15, -0.1) is 0 Å². The zero-order valence-electron chi connectivity index (χ0n) is 10.8. The van der Waals surface area contributed by atoms with E-state index in [0.29, 0.717) is 24.9 Å². The van der Waals surface area contributed by atoms with E-state index in [2.05, 4.69) is 13.8 Å². The van der Waals surface area contributed by atoms with Crippen molar-refractivity contribution in [3.63, 3.8) is 0 Å². The number of carbonyl (C=O) groups excluding carboxylic acids is 1. The first-order valence-corrected chi connectivity index (χ1v) is 6.03. The molecule has 0 amide bonds. The van der Waals surface area contributed by atoms with Gasteiger partial charge >= 0.3 is 5.97 Å². The minimum absolute atomic E-state index is 0.341. The lowest BCUT2D eigenvalue weighted by atomic mass is 10.0. The van der Waals surface area contributed by atoms with Crippen molar-refractivity contribution in [1.29, 1.82) is 0 Å². The van der Waals surface area contributed by atoms with Gasteiger partial charge in [0.25, 0.3) is 0 Å². The van der Waals surface area contributed by atoms with Crippen LogP contribution < -0.4 is 5.48 Å². The van der Waals surface area contributed by atoms with Crippen molar-refractivity contribution >= 4 is 5.97 Å². The number of ether oxygens (including phenoxy) is 1. The Balaban J connectivity index is 3.75. The SMILES string of the molecule is CC(C)CCCOC(=O)[C@H](CC(C)C)NO. The van der Waals surface area contributed by atoms with Crippen LogP contribution in [0.15, 0.2) is 0 Å². The third-order valence-corrected chi connectivity index (χ3v) is 2.32. The van der Waals surface area contributed by atoms with E-state index in [9.17, 15) is 4.79 Å². The summed E-state index contributed by atoms with van der Waals surface area (Å²) in [4.78, 5) is 11.5. The summed E-state index contributed by atoms with van der Waals surface area (Å²) in [5, 5.41) is 8.84. The van der Waals surface area contributed by atoms with Gasteiger partial charge in [-0.2, -0.15) is 5.48 Å². The van der Waals surface area contributed by atoms with Gasteiger partial charge in [0.2, 0.25) is 0 Å². The van der Waals surface area contributed by atoms with Crippen LogP contribution in [0.2, 0.25) is 0 Å². The standard InChI is InChI=1S/C12H25NO3/c1-9(2)6-5-7-16-12(14)11(13-15)8-10(3)4/h9-11,13,15H,5-8H2,1-4H3/t11-/m0/s1. The lowest BCUT2D eigenvalue weighted by Crippen LogP contribution is -2.37. The minimum Gasteiger partial charge on any atom is -0.464 e. The first-order chi connectivity index (χ1) is 7.47. The Kier molecular flexibility index (Phi) is 8.21. The highest BCUT2D eigenvalue weighted by molar-refractivity contribution is 5.75. The topological polar surface area (TPSA) is 58.6 Å². The van der Waals surface area contributed by atoms with Gasteiger partial charge in [0.1, 0.15) is 6.04 Å². The van der Waals surface area contributed by atoms with E-state index < -0.39 is 6.04 Å². The number of hydroxylamine groups is 1. The van der Waals surface area contributed by atoms with Crippen molar-refractivity contribution in [2.75, 3.05) is 6.61 Å². The molecule has 0 spiro atoms. The van der Waals surface area contributed by atoms with E-state index in [1.54, 1.807) is 0 Å². The van der Waals surface area contributed by atoms with Crippen molar-refractivity contribution in [1.82, 2.24) is 5.48 Å². The van der Waals surface area contributed by atoms with E-state index in [0.717, 1.165) is 12.8 Å². The molecular formula is C12H25NO3. The van der Waals surface area contributed by atoms with E-state index in [-0.39, 0.29) is 5.97 Å². The highest BCUT2D eigenvalue weighted by Crippen LogP contribution is 2.07. The molecule has 4 nitrogen and oxygen atoms in total. The number of hydrogen-bond donors (Lipinski definition) is 2. The molecular weight excluding hydrogens is 206 g/mol. The molecule has 0 aliphatic rings. The van der Waals surface area contributed by atoms with Crippen LogP contribution in [-0.4, -0.2) is 23.8 Å². The van der Waals surface area contributed by atoms with Crippen LogP contribution in [0.5, 0.6) is 0 Å². The molecule has 0 heterocycles. The van der Waals surface area contributed by atoms with Crippen molar-refractivity contribution in [3.8, 4) is 0 Å². The lowest BCUT2D eigenvalue weighted by molar-refractivity contribution is -0.149. The fourth-order valence-corrected chi connectivity index (χ4v) is 1.44. The van der Waals surface area contributed by atoms with Crippen LogP contribution in [0.4, 0.5) is 0 Å². The Hall–Kier alpha value is -0.610. The molecule has 0 aromatic rings. The number of nitrogens with one attached hydrogen (secondary N) is 1. The molecule has 0 bridgehead atoms. The zero-order chi connectivity index (χ0) is 12.6. The summed E-state index contributed by atoms with van der Waals surface area (Å²) in [6.07, 6.45) is 2.51. The molecule has 0 aliphatic carbocycles. The Labute approximate surface area is 98.3 Å². The minimum atomic E-state index is -0.598. The molecule has 2 N–H and O–H groups in total. The van der Waals surface area contributed by atoms with Gasteiger partial charge in [-0.1, -0.05) is 27.7 Å². The number of esters is 1. The van der Waals surface area contributed by atoms with Gasteiger partial charge < -0.3 is 9.94 Å². The lowest BCUT2D eigenvalue weighted by Gasteiger charge is -2.16. The summed E-state index contributed by atoms with van der Waals surface area (Å²) in [7, 11) is 0. The summed E-state index contributed by atoms with van der Waals surface area (Å²) in [5.41, 5.74) is 2.01. The van der Waals surface area contributed by atoms with E-state index in [1.165, 1.54) is 0 Å². The maximum atomic E-state index is 11.5. The average Bonchev–Trinajstić information content (AvgIpc) is 2.20. The third kappa shape index (κ3) is 7.65. The first-order valence-electron chi connectivity index (χ1n) is 6.03. The second kappa shape index (κ2) is 8.53. The maximum Gasteiger partial charge on any atom is 0.325 e. The van der Waals surface area contributed by atoms with Crippen molar-refractivity contribution in [2.24, 2.45) is 11.8 Å². The van der Waals surface area contributed by atoms with E-state index in [1.807, 2.05) is 19.3 Å². The van der Waals surface area contributed by atoms with Gasteiger partial charge in [0, 0.05) is 0 Å². The molecule has 16 heavy (non-hydrogen) atoms. The third-order valence-electron chi connectivity index (χ3n) is 2.32. The van der Waals surface area contributed by atoms with Gasteiger partial charge in [0.05, 0.1) is 6.61 Å². The quantitative estimate of drug-likeness (QED) is 0.382. The van der Waals surface area contributed by atoms with Crippen LogP contribution in [-0.2, 0) is 9.53 Å². The van der Waals surface area contributed by atoms with Crippen LogP contribution in [0.3, 0.4) is 0 Å².